The molecule has 0 aromatic heterocycles. The van der Waals surface area contributed by atoms with Gasteiger partial charge in [-0.1, -0.05) is 18.2 Å². The van der Waals surface area contributed by atoms with Crippen molar-refractivity contribution in [3.8, 4) is 11.5 Å². The lowest BCUT2D eigenvalue weighted by molar-refractivity contribution is 0.0695. The lowest BCUT2D eigenvalue weighted by Crippen LogP contribution is -2.31. The highest BCUT2D eigenvalue weighted by Gasteiger charge is 2.26. The number of sulfonamides is 1. The predicted octanol–water partition coefficient (Wildman–Crippen LogP) is 5.01. The van der Waals surface area contributed by atoms with E-state index in [-0.39, 0.29) is 17.0 Å². The van der Waals surface area contributed by atoms with Crippen LogP contribution in [-0.4, -0.2) is 26.0 Å². The van der Waals surface area contributed by atoms with Crippen LogP contribution < -0.4 is 9.04 Å². The van der Waals surface area contributed by atoms with Crippen LogP contribution in [0.4, 0.5) is 5.69 Å². The molecule has 0 spiro atoms. The second-order valence-electron chi connectivity index (χ2n) is 6.80. The molecule has 3 aromatic rings. The van der Waals surface area contributed by atoms with Crippen LogP contribution in [0.25, 0.3) is 0 Å². The van der Waals surface area contributed by atoms with E-state index in [4.69, 9.17) is 4.74 Å². The molecule has 156 valence electrons. The molecular formula is C23H23NO5S. The molecule has 0 heterocycles. The summed E-state index contributed by atoms with van der Waals surface area (Å²) in [7, 11) is -3.94. The molecule has 0 saturated carbocycles. The number of hydrogen-bond acceptors (Lipinski definition) is 4. The molecule has 7 heteroatoms. The second-order valence-corrected chi connectivity index (χ2v) is 8.66. The van der Waals surface area contributed by atoms with Gasteiger partial charge < -0.3 is 9.84 Å². The standard InChI is InChI=1S/C23H23NO5S/c1-4-24(18-10-12-20(13-11-18)29-19-8-6-5-7-9-19)30(27,28)21-14-16(2)17(3)22(15-21)23(25)26/h5-15H,4H2,1-3H3,(H,25,26). The molecule has 0 aliphatic rings. The maximum Gasteiger partial charge on any atom is 0.336 e. The van der Waals surface area contributed by atoms with Gasteiger partial charge in [0, 0.05) is 6.54 Å². The highest BCUT2D eigenvalue weighted by atomic mass is 32.2. The Morgan fingerprint density at radius 1 is 0.967 bits per heavy atom. The van der Waals surface area contributed by atoms with Gasteiger partial charge in [-0.05, 0) is 80.4 Å². The van der Waals surface area contributed by atoms with E-state index in [1.54, 1.807) is 45.0 Å². The molecule has 0 atom stereocenters. The number of para-hydroxylation sites is 1. The first-order chi connectivity index (χ1) is 14.2. The lowest BCUT2D eigenvalue weighted by atomic mass is 10.0. The minimum absolute atomic E-state index is 0.0174. The number of carboxylic acid groups (broad SMARTS) is 1. The molecule has 0 radical (unpaired) electrons. The average Bonchev–Trinajstić information content (AvgIpc) is 2.72. The van der Waals surface area contributed by atoms with Gasteiger partial charge in [-0.25, -0.2) is 13.2 Å². The van der Waals surface area contributed by atoms with Crippen LogP contribution in [0.15, 0.2) is 71.6 Å². The number of nitrogens with zero attached hydrogens (tertiary/aromatic N) is 1. The van der Waals surface area contributed by atoms with E-state index < -0.39 is 16.0 Å². The van der Waals surface area contributed by atoms with Crippen molar-refractivity contribution in [2.45, 2.75) is 25.7 Å². The van der Waals surface area contributed by atoms with Crippen molar-refractivity contribution in [2.75, 3.05) is 10.8 Å². The van der Waals surface area contributed by atoms with E-state index in [2.05, 4.69) is 0 Å². The zero-order valence-electron chi connectivity index (χ0n) is 17.0. The van der Waals surface area contributed by atoms with Gasteiger partial charge in [0.15, 0.2) is 0 Å². The van der Waals surface area contributed by atoms with Crippen molar-refractivity contribution in [3.05, 3.63) is 83.4 Å². The van der Waals surface area contributed by atoms with Crippen molar-refractivity contribution in [3.63, 3.8) is 0 Å². The summed E-state index contributed by atoms with van der Waals surface area (Å²) in [5.41, 5.74) is 1.60. The van der Waals surface area contributed by atoms with Crippen molar-refractivity contribution < 1.29 is 23.1 Å². The smallest absolute Gasteiger partial charge is 0.336 e. The molecule has 0 aliphatic heterocycles. The SMILES string of the molecule is CCN(c1ccc(Oc2ccccc2)cc1)S(=O)(=O)c1cc(C)c(C)c(C(=O)O)c1. The first kappa shape index (κ1) is 21.4. The van der Waals surface area contributed by atoms with Crippen LogP contribution in [0.3, 0.4) is 0 Å². The van der Waals surface area contributed by atoms with Crippen molar-refractivity contribution in [2.24, 2.45) is 0 Å². The van der Waals surface area contributed by atoms with Crippen LogP contribution >= 0.6 is 0 Å². The zero-order valence-corrected chi connectivity index (χ0v) is 17.8. The fourth-order valence-electron chi connectivity index (χ4n) is 3.12. The minimum Gasteiger partial charge on any atom is -0.478 e. The second kappa shape index (κ2) is 8.59. The topological polar surface area (TPSA) is 83.9 Å². The fourth-order valence-corrected chi connectivity index (χ4v) is 4.71. The molecule has 0 saturated heterocycles. The Morgan fingerprint density at radius 2 is 1.57 bits per heavy atom. The number of anilines is 1. The molecule has 0 amide bonds. The van der Waals surface area contributed by atoms with Crippen LogP contribution in [0.5, 0.6) is 11.5 Å². The van der Waals surface area contributed by atoms with Crippen LogP contribution in [0, 0.1) is 13.8 Å². The highest BCUT2D eigenvalue weighted by molar-refractivity contribution is 7.92. The van der Waals surface area contributed by atoms with E-state index in [9.17, 15) is 18.3 Å². The van der Waals surface area contributed by atoms with Gasteiger partial charge in [-0.15, -0.1) is 0 Å². The Morgan fingerprint density at radius 3 is 2.13 bits per heavy atom. The third-order valence-corrected chi connectivity index (χ3v) is 6.73. The third kappa shape index (κ3) is 4.31. The Kier molecular flexibility index (Phi) is 6.12. The first-order valence-electron chi connectivity index (χ1n) is 9.44. The van der Waals surface area contributed by atoms with Crippen LogP contribution in [-0.2, 0) is 10.0 Å². The number of hydrogen-bond donors (Lipinski definition) is 1. The average molecular weight is 426 g/mol. The van der Waals surface area contributed by atoms with Crippen LogP contribution in [0.2, 0.25) is 0 Å². The Balaban J connectivity index is 1.94. The summed E-state index contributed by atoms with van der Waals surface area (Å²) in [5.74, 6) is 0.109. The Hall–Kier alpha value is -3.32. The summed E-state index contributed by atoms with van der Waals surface area (Å²) < 4.78 is 33.6. The molecule has 0 bridgehead atoms. The normalized spacial score (nSPS) is 11.2. The van der Waals surface area contributed by atoms with Gasteiger partial charge in [-0.2, -0.15) is 0 Å². The maximum atomic E-state index is 13.3. The van der Waals surface area contributed by atoms with E-state index in [0.29, 0.717) is 28.3 Å². The maximum absolute atomic E-state index is 13.3. The van der Waals surface area contributed by atoms with Crippen molar-refractivity contribution >= 4 is 21.7 Å². The van der Waals surface area contributed by atoms with Gasteiger partial charge in [-0.3, -0.25) is 4.31 Å². The summed E-state index contributed by atoms with van der Waals surface area (Å²) in [5, 5.41) is 9.42. The Bertz CT molecular complexity index is 1160. The van der Waals surface area contributed by atoms with E-state index in [1.807, 2.05) is 30.3 Å². The number of ether oxygens (including phenoxy) is 1. The van der Waals surface area contributed by atoms with Gasteiger partial charge >= 0.3 is 5.97 Å². The van der Waals surface area contributed by atoms with Gasteiger partial charge in [0.2, 0.25) is 0 Å². The molecule has 3 rings (SSSR count). The summed E-state index contributed by atoms with van der Waals surface area (Å²) >= 11 is 0. The number of benzene rings is 3. The van der Waals surface area contributed by atoms with Crippen LogP contribution in [0.1, 0.15) is 28.4 Å². The molecule has 0 aliphatic carbocycles. The predicted molar refractivity (Wildman–Crippen MR) is 116 cm³/mol. The van der Waals surface area contributed by atoms with Gasteiger partial charge in [0.1, 0.15) is 11.5 Å². The number of aromatic carboxylic acids is 1. The number of aryl methyl sites for hydroxylation is 1. The fraction of sp³-hybridized carbons (Fsp3) is 0.174. The molecule has 30 heavy (non-hydrogen) atoms. The zero-order chi connectivity index (χ0) is 21.9. The summed E-state index contributed by atoms with van der Waals surface area (Å²) in [6.45, 7) is 5.28. The number of rotatable bonds is 7. The number of carbonyl (C=O) groups is 1. The molecule has 0 unspecified atom stereocenters. The molecule has 3 aromatic carbocycles. The van der Waals surface area contributed by atoms with E-state index in [0.717, 1.165) is 0 Å². The first-order valence-corrected chi connectivity index (χ1v) is 10.9. The highest BCUT2D eigenvalue weighted by Crippen LogP contribution is 2.29. The molecule has 0 fully saturated rings. The largest absolute Gasteiger partial charge is 0.478 e. The minimum atomic E-state index is -3.94. The van der Waals surface area contributed by atoms with Crippen molar-refractivity contribution in [1.29, 1.82) is 0 Å². The van der Waals surface area contributed by atoms with E-state index >= 15 is 0 Å². The summed E-state index contributed by atoms with van der Waals surface area (Å²) in [4.78, 5) is 11.5. The van der Waals surface area contributed by atoms with Gasteiger partial charge in [0.05, 0.1) is 16.1 Å². The third-order valence-electron chi connectivity index (χ3n) is 4.85. The molecule has 6 nitrogen and oxygen atoms in total. The molecular weight excluding hydrogens is 402 g/mol. The lowest BCUT2D eigenvalue weighted by Gasteiger charge is -2.24. The Labute approximate surface area is 176 Å². The summed E-state index contributed by atoms with van der Waals surface area (Å²) in [6, 6.07) is 18.7. The molecule has 1 N–H and O–H groups in total. The monoisotopic (exact) mass is 425 g/mol. The summed E-state index contributed by atoms with van der Waals surface area (Å²) in [6.07, 6.45) is 0. The van der Waals surface area contributed by atoms with Gasteiger partial charge in [0.25, 0.3) is 10.0 Å². The number of carboxylic acids is 1. The van der Waals surface area contributed by atoms with E-state index in [1.165, 1.54) is 16.4 Å². The quantitative estimate of drug-likeness (QED) is 0.575. The van der Waals surface area contributed by atoms with Crippen molar-refractivity contribution in [1.82, 2.24) is 0 Å².